The van der Waals surface area contributed by atoms with Gasteiger partial charge in [-0.15, -0.1) is 0 Å². The van der Waals surface area contributed by atoms with Gasteiger partial charge in [-0.1, -0.05) is 20.8 Å². The summed E-state index contributed by atoms with van der Waals surface area (Å²) in [5.74, 6) is 0.493. The zero-order valence-electron chi connectivity index (χ0n) is 20.9. The lowest BCUT2D eigenvalue weighted by Gasteiger charge is -2.39. The van der Waals surface area contributed by atoms with Crippen molar-refractivity contribution in [2.24, 2.45) is 5.41 Å². The highest BCUT2D eigenvalue weighted by Gasteiger charge is 2.34. The van der Waals surface area contributed by atoms with E-state index in [4.69, 9.17) is 9.72 Å². The maximum atomic E-state index is 12.7. The van der Waals surface area contributed by atoms with Crippen molar-refractivity contribution < 1.29 is 14.6 Å². The lowest BCUT2D eigenvalue weighted by Crippen LogP contribution is -2.37. The number of methoxy groups -OCH3 is 1. The Morgan fingerprint density at radius 1 is 1.11 bits per heavy atom. The molecular formula is C28H31N3O4. The van der Waals surface area contributed by atoms with Gasteiger partial charge in [-0.25, -0.2) is 9.78 Å². The first-order valence-electron chi connectivity index (χ1n) is 12.0. The Bertz CT molecular complexity index is 1400. The molecule has 1 unspecified atom stereocenters. The van der Waals surface area contributed by atoms with Crippen LogP contribution in [0.4, 0.5) is 5.82 Å². The minimum absolute atomic E-state index is 0.0158. The van der Waals surface area contributed by atoms with Crippen molar-refractivity contribution in [1.29, 1.82) is 0 Å². The largest absolute Gasteiger partial charge is 0.496 e. The Kier molecular flexibility index (Phi) is 5.46. The fourth-order valence-electron chi connectivity index (χ4n) is 5.17. The average Bonchev–Trinajstić information content (AvgIpc) is 2.75. The predicted octanol–water partition coefficient (Wildman–Crippen LogP) is 4.95. The van der Waals surface area contributed by atoms with Crippen LogP contribution in [0.15, 0.2) is 41.5 Å². The highest BCUT2D eigenvalue weighted by molar-refractivity contribution is 5.88. The SMILES string of the molecule is COc1cc2c(cc1-c1cnc(N3CCC3)cc1C)CC(C(C)(C)C)n1cc(C(=O)O)c(=O)cc1-2. The van der Waals surface area contributed by atoms with Crippen molar-refractivity contribution in [3.05, 3.63) is 63.6 Å². The molecule has 3 aromatic rings. The quantitative estimate of drug-likeness (QED) is 0.577. The summed E-state index contributed by atoms with van der Waals surface area (Å²) in [5, 5.41) is 9.55. The van der Waals surface area contributed by atoms with Gasteiger partial charge in [0.1, 0.15) is 17.1 Å². The number of hydrogen-bond acceptors (Lipinski definition) is 5. The number of carbonyl (C=O) groups is 1. The van der Waals surface area contributed by atoms with Crippen LogP contribution in [0.1, 0.15) is 54.7 Å². The maximum absolute atomic E-state index is 12.7. The minimum atomic E-state index is -1.21. The number of aromatic carboxylic acids is 1. The van der Waals surface area contributed by atoms with Gasteiger partial charge < -0.3 is 19.3 Å². The van der Waals surface area contributed by atoms with E-state index < -0.39 is 11.4 Å². The molecule has 1 N–H and O–H groups in total. The fourth-order valence-corrected chi connectivity index (χ4v) is 5.17. The van der Waals surface area contributed by atoms with E-state index in [9.17, 15) is 14.7 Å². The second kappa shape index (κ2) is 8.26. The molecule has 7 heteroatoms. The lowest BCUT2D eigenvalue weighted by atomic mass is 9.78. The smallest absolute Gasteiger partial charge is 0.341 e. The molecule has 4 heterocycles. The van der Waals surface area contributed by atoms with Gasteiger partial charge in [0.2, 0.25) is 0 Å². The molecule has 2 aromatic heterocycles. The van der Waals surface area contributed by atoms with Gasteiger partial charge >= 0.3 is 5.97 Å². The first kappa shape index (κ1) is 23.1. The van der Waals surface area contributed by atoms with Gasteiger partial charge in [-0.05, 0) is 54.5 Å². The zero-order valence-corrected chi connectivity index (χ0v) is 20.9. The summed E-state index contributed by atoms with van der Waals surface area (Å²) in [7, 11) is 1.64. The molecule has 0 bridgehead atoms. The molecule has 1 fully saturated rings. The number of benzene rings is 1. The summed E-state index contributed by atoms with van der Waals surface area (Å²) >= 11 is 0. The molecule has 0 radical (unpaired) electrons. The van der Waals surface area contributed by atoms with Crippen molar-refractivity contribution in [1.82, 2.24) is 9.55 Å². The van der Waals surface area contributed by atoms with Crippen LogP contribution in [0.2, 0.25) is 0 Å². The normalized spacial score (nSPS) is 16.8. The van der Waals surface area contributed by atoms with Crippen LogP contribution in [0.25, 0.3) is 22.4 Å². The number of nitrogens with zero attached hydrogens (tertiary/aromatic N) is 3. The lowest BCUT2D eigenvalue weighted by molar-refractivity contribution is 0.0693. The number of ether oxygens (including phenoxy) is 1. The number of aryl methyl sites for hydroxylation is 1. The summed E-state index contributed by atoms with van der Waals surface area (Å²) in [5.41, 5.74) is 4.97. The van der Waals surface area contributed by atoms with Gasteiger partial charge in [-0.2, -0.15) is 0 Å². The van der Waals surface area contributed by atoms with Crippen molar-refractivity contribution in [2.45, 2.75) is 46.6 Å². The van der Waals surface area contributed by atoms with Crippen LogP contribution in [0, 0.1) is 12.3 Å². The first-order valence-corrected chi connectivity index (χ1v) is 12.0. The van der Waals surface area contributed by atoms with Crippen molar-refractivity contribution >= 4 is 11.8 Å². The number of rotatable bonds is 4. The monoisotopic (exact) mass is 473 g/mol. The van der Waals surface area contributed by atoms with Crippen LogP contribution >= 0.6 is 0 Å². The van der Waals surface area contributed by atoms with E-state index in [1.54, 1.807) is 7.11 Å². The number of pyridine rings is 2. The second-order valence-electron chi connectivity index (χ2n) is 10.6. The molecule has 0 amide bonds. The Morgan fingerprint density at radius 3 is 2.43 bits per heavy atom. The highest BCUT2D eigenvalue weighted by atomic mass is 16.5. The van der Waals surface area contributed by atoms with Gasteiger partial charge in [0, 0.05) is 54.3 Å². The van der Waals surface area contributed by atoms with Crippen LogP contribution in [-0.2, 0) is 6.42 Å². The third-order valence-electron chi connectivity index (χ3n) is 7.33. The number of aromatic nitrogens is 2. The summed E-state index contributed by atoms with van der Waals surface area (Å²) in [6.45, 7) is 10.6. The number of carboxylic acid groups (broad SMARTS) is 1. The standard InChI is InChI=1S/C28H31N3O4/c1-16-9-26(30-7-6-8-30)29-14-20(16)19-10-17-11-25(28(2,3)4)31-15-21(27(33)34)23(32)13-22(31)18(17)12-24(19)35-5/h9-10,12-15,25H,6-8,11H2,1-5H3,(H,33,34). The molecule has 0 aliphatic carbocycles. The number of anilines is 1. The van der Waals surface area contributed by atoms with Gasteiger partial charge in [0.15, 0.2) is 5.43 Å². The van der Waals surface area contributed by atoms with Crippen LogP contribution in [0.3, 0.4) is 0 Å². The molecular weight excluding hydrogens is 442 g/mol. The first-order chi connectivity index (χ1) is 16.6. The average molecular weight is 474 g/mol. The van der Waals surface area contributed by atoms with Crippen LogP contribution in [0.5, 0.6) is 5.75 Å². The van der Waals surface area contributed by atoms with Crippen LogP contribution < -0.4 is 15.1 Å². The third-order valence-corrected chi connectivity index (χ3v) is 7.33. The summed E-state index contributed by atoms with van der Waals surface area (Å²) in [4.78, 5) is 31.4. The molecule has 7 nitrogen and oxygen atoms in total. The van der Waals surface area contributed by atoms with E-state index in [-0.39, 0.29) is 17.0 Å². The van der Waals surface area contributed by atoms with Gasteiger partial charge in [0.25, 0.3) is 0 Å². The van der Waals surface area contributed by atoms with Crippen molar-refractivity contribution in [2.75, 3.05) is 25.1 Å². The maximum Gasteiger partial charge on any atom is 0.341 e. The molecule has 2 aliphatic rings. The molecule has 1 atom stereocenters. The highest BCUT2D eigenvalue weighted by Crippen LogP contribution is 2.46. The Hall–Kier alpha value is -3.61. The van der Waals surface area contributed by atoms with Crippen molar-refractivity contribution in [3.8, 4) is 28.1 Å². The Labute approximate surface area is 205 Å². The molecule has 182 valence electrons. The van der Waals surface area contributed by atoms with E-state index >= 15 is 0 Å². The van der Waals surface area contributed by atoms with Crippen molar-refractivity contribution in [3.63, 3.8) is 0 Å². The minimum Gasteiger partial charge on any atom is -0.496 e. The third kappa shape index (κ3) is 3.89. The zero-order chi connectivity index (χ0) is 25.1. The molecule has 0 saturated carbocycles. The van der Waals surface area contributed by atoms with E-state index in [0.29, 0.717) is 17.9 Å². The van der Waals surface area contributed by atoms with Crippen LogP contribution in [-0.4, -0.2) is 40.8 Å². The second-order valence-corrected chi connectivity index (χ2v) is 10.6. The molecule has 2 aliphatic heterocycles. The molecule has 1 saturated heterocycles. The van der Waals surface area contributed by atoms with Gasteiger partial charge in [0.05, 0.1) is 12.8 Å². The summed E-state index contributed by atoms with van der Waals surface area (Å²) < 4.78 is 7.77. The summed E-state index contributed by atoms with van der Waals surface area (Å²) in [6.07, 6.45) is 5.34. The molecule has 35 heavy (non-hydrogen) atoms. The van der Waals surface area contributed by atoms with Gasteiger partial charge in [-0.3, -0.25) is 4.79 Å². The van der Waals surface area contributed by atoms with E-state index in [0.717, 1.165) is 46.7 Å². The Balaban J connectivity index is 1.69. The summed E-state index contributed by atoms with van der Waals surface area (Å²) in [6, 6.07) is 7.69. The molecule has 0 spiro atoms. The Morgan fingerprint density at radius 2 is 1.86 bits per heavy atom. The topological polar surface area (TPSA) is 84.7 Å². The molecule has 5 rings (SSSR count). The predicted molar refractivity (Wildman–Crippen MR) is 137 cm³/mol. The number of fused-ring (bicyclic) bond motifs is 3. The molecule has 1 aromatic carbocycles. The van der Waals surface area contributed by atoms with E-state index in [1.807, 2.05) is 16.8 Å². The van der Waals surface area contributed by atoms with E-state index in [2.05, 4.69) is 44.7 Å². The number of carboxylic acids is 1. The number of hydrogen-bond donors (Lipinski definition) is 1. The van der Waals surface area contributed by atoms with E-state index in [1.165, 1.54) is 18.7 Å². The fraction of sp³-hybridized carbons (Fsp3) is 0.393.